The number of nitrogens with zero attached hydrogens (tertiary/aromatic N) is 1. The maximum Gasteiger partial charge on any atom is 0.292 e. The molecule has 0 aliphatic carbocycles. The Kier molecular flexibility index (Phi) is 4.10. The Balaban J connectivity index is 1.94. The fourth-order valence-electron chi connectivity index (χ4n) is 1.95. The first-order valence-corrected chi connectivity index (χ1v) is 6.52. The topological polar surface area (TPSA) is 61.3 Å². The molecule has 1 aromatic heterocycles. The number of oxazole rings is 1. The average Bonchev–Trinajstić information content (AvgIpc) is 2.66. The van der Waals surface area contributed by atoms with E-state index in [-0.39, 0.29) is 12.1 Å². The van der Waals surface area contributed by atoms with Crippen molar-refractivity contribution in [1.82, 2.24) is 4.98 Å². The fraction of sp³-hybridized carbons (Fsp3) is 0.400. The van der Waals surface area contributed by atoms with Crippen LogP contribution in [0, 0.1) is 6.92 Å². The van der Waals surface area contributed by atoms with Crippen molar-refractivity contribution in [2.24, 2.45) is 0 Å². The molecular weight excluding hydrogens is 240 g/mol. The van der Waals surface area contributed by atoms with Gasteiger partial charge in [-0.15, -0.1) is 0 Å². The van der Waals surface area contributed by atoms with Crippen LogP contribution in [0.4, 0.5) is 6.01 Å². The van der Waals surface area contributed by atoms with Crippen molar-refractivity contribution in [2.75, 3.05) is 5.73 Å². The van der Waals surface area contributed by atoms with Crippen LogP contribution in [0.2, 0.25) is 0 Å². The van der Waals surface area contributed by atoms with Crippen molar-refractivity contribution in [3.8, 4) is 5.75 Å². The summed E-state index contributed by atoms with van der Waals surface area (Å²) >= 11 is 0. The van der Waals surface area contributed by atoms with Crippen LogP contribution >= 0.6 is 0 Å². The van der Waals surface area contributed by atoms with Crippen LogP contribution in [0.3, 0.4) is 0 Å². The van der Waals surface area contributed by atoms with Crippen molar-refractivity contribution in [2.45, 2.75) is 39.7 Å². The Morgan fingerprint density at radius 1 is 1.21 bits per heavy atom. The first-order chi connectivity index (χ1) is 9.04. The number of rotatable bonds is 5. The second-order valence-corrected chi connectivity index (χ2v) is 4.87. The minimum Gasteiger partial charge on any atom is -0.491 e. The van der Waals surface area contributed by atoms with Crippen molar-refractivity contribution in [3.05, 3.63) is 41.3 Å². The van der Waals surface area contributed by atoms with E-state index in [1.807, 2.05) is 32.9 Å². The highest BCUT2D eigenvalue weighted by molar-refractivity contribution is 5.28. The van der Waals surface area contributed by atoms with E-state index >= 15 is 0 Å². The van der Waals surface area contributed by atoms with Crippen molar-refractivity contribution >= 4 is 6.01 Å². The summed E-state index contributed by atoms with van der Waals surface area (Å²) in [5, 5.41) is 0. The Hall–Kier alpha value is -1.97. The van der Waals surface area contributed by atoms with Crippen LogP contribution < -0.4 is 10.5 Å². The van der Waals surface area contributed by atoms with Crippen molar-refractivity contribution in [3.63, 3.8) is 0 Å². The number of aryl methyl sites for hydroxylation is 3. The van der Waals surface area contributed by atoms with E-state index in [2.05, 4.69) is 17.1 Å². The summed E-state index contributed by atoms with van der Waals surface area (Å²) in [6, 6.07) is 8.40. The number of ether oxygens (including phenoxy) is 1. The van der Waals surface area contributed by atoms with Crippen LogP contribution in [0.25, 0.3) is 0 Å². The lowest BCUT2D eigenvalue weighted by atomic mass is 10.1. The van der Waals surface area contributed by atoms with Gasteiger partial charge < -0.3 is 14.9 Å². The summed E-state index contributed by atoms with van der Waals surface area (Å²) in [6.45, 7) is 5.93. The van der Waals surface area contributed by atoms with Gasteiger partial charge in [-0.2, -0.15) is 4.98 Å². The summed E-state index contributed by atoms with van der Waals surface area (Å²) in [7, 11) is 0. The number of hydrogen-bond acceptors (Lipinski definition) is 4. The molecule has 1 aromatic carbocycles. The Bertz CT molecular complexity index is 530. The Morgan fingerprint density at radius 2 is 1.89 bits per heavy atom. The highest BCUT2D eigenvalue weighted by atomic mass is 16.5. The summed E-state index contributed by atoms with van der Waals surface area (Å²) in [5.74, 6) is 1.71. The molecule has 2 rings (SSSR count). The lowest BCUT2D eigenvalue weighted by Crippen LogP contribution is -2.05. The minimum atomic E-state index is 0.201. The Morgan fingerprint density at radius 3 is 2.42 bits per heavy atom. The monoisotopic (exact) mass is 260 g/mol. The quantitative estimate of drug-likeness (QED) is 0.897. The predicted octanol–water partition coefficient (Wildman–Crippen LogP) is 3.14. The predicted molar refractivity (Wildman–Crippen MR) is 75.3 cm³/mol. The van der Waals surface area contributed by atoms with Gasteiger partial charge in [-0.05, 0) is 51.3 Å². The molecule has 0 unspecified atom stereocenters. The van der Waals surface area contributed by atoms with E-state index in [1.54, 1.807) is 0 Å². The molecule has 2 N–H and O–H groups in total. The molecule has 0 fully saturated rings. The first kappa shape index (κ1) is 13.5. The van der Waals surface area contributed by atoms with Gasteiger partial charge >= 0.3 is 0 Å². The van der Waals surface area contributed by atoms with Crippen LogP contribution in [0.15, 0.2) is 28.7 Å². The zero-order chi connectivity index (χ0) is 13.8. The number of hydrogen-bond donors (Lipinski definition) is 1. The highest BCUT2D eigenvalue weighted by Crippen LogP contribution is 2.17. The molecule has 0 atom stereocenters. The van der Waals surface area contributed by atoms with E-state index in [1.165, 1.54) is 5.56 Å². The van der Waals surface area contributed by atoms with E-state index in [4.69, 9.17) is 14.9 Å². The average molecular weight is 260 g/mol. The molecule has 102 valence electrons. The van der Waals surface area contributed by atoms with Gasteiger partial charge in [0.2, 0.25) is 0 Å². The number of nitrogen functional groups attached to an aromatic ring is 1. The number of anilines is 1. The zero-order valence-electron chi connectivity index (χ0n) is 11.6. The zero-order valence-corrected chi connectivity index (χ0v) is 11.6. The maximum atomic E-state index is 5.61. The fourth-order valence-corrected chi connectivity index (χ4v) is 1.95. The molecule has 0 saturated heterocycles. The molecule has 4 nitrogen and oxygen atoms in total. The molecule has 19 heavy (non-hydrogen) atoms. The summed E-state index contributed by atoms with van der Waals surface area (Å²) in [4.78, 5) is 4.17. The van der Waals surface area contributed by atoms with E-state index in [0.717, 1.165) is 30.0 Å². The summed E-state index contributed by atoms with van der Waals surface area (Å²) in [5.41, 5.74) is 7.70. The SMILES string of the molecule is Cc1oc(N)nc1CCc1ccc(OC(C)C)cc1. The van der Waals surface area contributed by atoms with Crippen LogP contribution in [-0.2, 0) is 12.8 Å². The largest absolute Gasteiger partial charge is 0.491 e. The first-order valence-electron chi connectivity index (χ1n) is 6.52. The molecule has 2 aromatic rings. The number of aromatic nitrogens is 1. The lowest BCUT2D eigenvalue weighted by molar-refractivity contribution is 0.242. The van der Waals surface area contributed by atoms with Crippen LogP contribution in [0.1, 0.15) is 30.9 Å². The third kappa shape index (κ3) is 3.74. The van der Waals surface area contributed by atoms with Crippen LogP contribution in [-0.4, -0.2) is 11.1 Å². The molecule has 0 aliphatic heterocycles. The third-order valence-corrected chi connectivity index (χ3v) is 2.85. The highest BCUT2D eigenvalue weighted by Gasteiger charge is 2.07. The van der Waals surface area contributed by atoms with Gasteiger partial charge in [0.1, 0.15) is 11.5 Å². The molecule has 0 bridgehead atoms. The molecule has 1 heterocycles. The van der Waals surface area contributed by atoms with Crippen molar-refractivity contribution in [1.29, 1.82) is 0 Å². The van der Waals surface area contributed by atoms with Gasteiger partial charge in [0.25, 0.3) is 6.01 Å². The molecule has 4 heteroatoms. The normalized spacial score (nSPS) is 10.9. The molecule has 0 saturated carbocycles. The smallest absolute Gasteiger partial charge is 0.292 e. The number of nitrogens with two attached hydrogens (primary N) is 1. The number of benzene rings is 1. The van der Waals surface area contributed by atoms with E-state index < -0.39 is 0 Å². The molecule has 0 spiro atoms. The van der Waals surface area contributed by atoms with Gasteiger partial charge in [-0.25, -0.2) is 0 Å². The summed E-state index contributed by atoms with van der Waals surface area (Å²) < 4.78 is 10.8. The van der Waals surface area contributed by atoms with Crippen molar-refractivity contribution < 1.29 is 9.15 Å². The second kappa shape index (κ2) is 5.78. The standard InChI is InChI=1S/C15H20N2O2/c1-10(2)18-13-7-4-12(5-8-13)6-9-14-11(3)19-15(16)17-14/h4-5,7-8,10H,6,9H2,1-3H3,(H2,16,17). The maximum absolute atomic E-state index is 5.61. The third-order valence-electron chi connectivity index (χ3n) is 2.85. The van der Waals surface area contributed by atoms with E-state index in [9.17, 15) is 0 Å². The summed E-state index contributed by atoms with van der Waals surface area (Å²) in [6.07, 6.45) is 1.94. The molecule has 0 amide bonds. The molecule has 0 aliphatic rings. The van der Waals surface area contributed by atoms with E-state index in [0.29, 0.717) is 0 Å². The lowest BCUT2D eigenvalue weighted by Gasteiger charge is -2.09. The minimum absolute atomic E-state index is 0.201. The van der Waals surface area contributed by atoms with Gasteiger partial charge in [0.15, 0.2) is 0 Å². The molecular formula is C15H20N2O2. The Labute approximate surface area is 113 Å². The van der Waals surface area contributed by atoms with Gasteiger partial charge in [0.05, 0.1) is 11.8 Å². The van der Waals surface area contributed by atoms with Gasteiger partial charge in [0, 0.05) is 0 Å². The second-order valence-electron chi connectivity index (χ2n) is 4.87. The van der Waals surface area contributed by atoms with Crippen LogP contribution in [0.5, 0.6) is 5.75 Å². The van der Waals surface area contributed by atoms with Gasteiger partial charge in [-0.1, -0.05) is 12.1 Å². The molecule has 0 radical (unpaired) electrons. The van der Waals surface area contributed by atoms with Gasteiger partial charge in [-0.3, -0.25) is 0 Å².